The first-order valence-electron chi connectivity index (χ1n) is 9.23. The highest BCUT2D eigenvalue weighted by molar-refractivity contribution is 5.97. The second-order valence-corrected chi connectivity index (χ2v) is 7.13. The highest BCUT2D eigenvalue weighted by atomic mass is 16.5. The highest BCUT2D eigenvalue weighted by Crippen LogP contribution is 2.31. The largest absolute Gasteiger partial charge is 0.479 e. The zero-order chi connectivity index (χ0) is 18.1. The van der Waals surface area contributed by atoms with Crippen molar-refractivity contribution in [2.45, 2.75) is 26.5 Å². The molecule has 2 aliphatic rings. The molecule has 1 unspecified atom stereocenters. The van der Waals surface area contributed by atoms with Gasteiger partial charge in [-0.1, -0.05) is 24.3 Å². The molecule has 0 spiro atoms. The standard InChI is InChI=1S/C21H25N3O2/c1-15-5-3-4-6-19(15)24-11-9-23(10-12-24)14-17-7-8-20-18(13-17)22-21(25)16(2)26-20/h3-8,13,16H,9-12,14H2,1-2H3,(H,22,25). The predicted octanol–water partition coefficient (Wildman–Crippen LogP) is 3.04. The maximum atomic E-state index is 11.8. The summed E-state index contributed by atoms with van der Waals surface area (Å²) >= 11 is 0. The quantitative estimate of drug-likeness (QED) is 0.923. The first kappa shape index (κ1) is 16.9. The number of carbonyl (C=O) groups excluding carboxylic acids is 1. The minimum atomic E-state index is -0.428. The molecule has 2 aromatic rings. The van der Waals surface area contributed by atoms with Gasteiger partial charge in [0.15, 0.2) is 6.10 Å². The Morgan fingerprint density at radius 2 is 1.88 bits per heavy atom. The third kappa shape index (κ3) is 3.40. The number of aryl methyl sites for hydroxylation is 1. The van der Waals surface area contributed by atoms with Gasteiger partial charge in [-0.05, 0) is 43.2 Å². The van der Waals surface area contributed by atoms with E-state index >= 15 is 0 Å². The van der Waals surface area contributed by atoms with E-state index in [1.54, 1.807) is 6.92 Å². The molecule has 1 amide bonds. The van der Waals surface area contributed by atoms with Gasteiger partial charge in [0.1, 0.15) is 5.75 Å². The van der Waals surface area contributed by atoms with Gasteiger partial charge in [-0.25, -0.2) is 0 Å². The summed E-state index contributed by atoms with van der Waals surface area (Å²) in [6.07, 6.45) is -0.428. The summed E-state index contributed by atoms with van der Waals surface area (Å²) in [5, 5.41) is 2.93. The van der Waals surface area contributed by atoms with Gasteiger partial charge >= 0.3 is 0 Å². The normalized spacial score (nSPS) is 20.3. The Balaban J connectivity index is 1.38. The molecule has 5 nitrogen and oxygen atoms in total. The lowest BCUT2D eigenvalue weighted by Gasteiger charge is -2.37. The van der Waals surface area contributed by atoms with E-state index in [1.807, 2.05) is 12.1 Å². The molecule has 0 radical (unpaired) electrons. The summed E-state index contributed by atoms with van der Waals surface area (Å²) in [5.41, 5.74) is 4.66. The maximum Gasteiger partial charge on any atom is 0.265 e. The lowest BCUT2D eigenvalue weighted by molar-refractivity contribution is -0.122. The van der Waals surface area contributed by atoms with Crippen molar-refractivity contribution in [2.24, 2.45) is 0 Å². The Hall–Kier alpha value is -2.53. The lowest BCUT2D eigenvalue weighted by atomic mass is 10.1. The number of nitrogens with one attached hydrogen (secondary N) is 1. The number of anilines is 2. The SMILES string of the molecule is Cc1ccccc1N1CCN(Cc2ccc3c(c2)NC(=O)C(C)O3)CC1. The van der Waals surface area contributed by atoms with Gasteiger partial charge in [0.25, 0.3) is 5.91 Å². The molecule has 5 heteroatoms. The van der Waals surface area contributed by atoms with Crippen molar-refractivity contribution in [3.8, 4) is 5.75 Å². The Labute approximate surface area is 154 Å². The summed E-state index contributed by atoms with van der Waals surface area (Å²) in [5.74, 6) is 0.673. The van der Waals surface area contributed by atoms with Crippen molar-refractivity contribution in [1.82, 2.24) is 4.90 Å². The van der Waals surface area contributed by atoms with Crippen LogP contribution in [0.5, 0.6) is 5.75 Å². The highest BCUT2D eigenvalue weighted by Gasteiger charge is 2.24. The van der Waals surface area contributed by atoms with Gasteiger partial charge in [0, 0.05) is 38.4 Å². The molecule has 0 bridgehead atoms. The van der Waals surface area contributed by atoms with Crippen LogP contribution in [-0.2, 0) is 11.3 Å². The van der Waals surface area contributed by atoms with Crippen LogP contribution in [0.25, 0.3) is 0 Å². The smallest absolute Gasteiger partial charge is 0.265 e. The number of piperazine rings is 1. The number of benzene rings is 2. The third-order valence-electron chi connectivity index (χ3n) is 5.21. The molecular formula is C21H25N3O2. The number of carbonyl (C=O) groups is 1. The summed E-state index contributed by atoms with van der Waals surface area (Å²) in [6, 6.07) is 14.7. The van der Waals surface area contributed by atoms with Gasteiger partial charge < -0.3 is 15.0 Å². The Bertz CT molecular complexity index is 813. The molecule has 26 heavy (non-hydrogen) atoms. The van der Waals surface area contributed by atoms with E-state index < -0.39 is 6.10 Å². The maximum absolute atomic E-state index is 11.8. The van der Waals surface area contributed by atoms with Crippen LogP contribution in [0.3, 0.4) is 0 Å². The molecule has 1 atom stereocenters. The van der Waals surface area contributed by atoms with Crippen LogP contribution in [0.1, 0.15) is 18.1 Å². The summed E-state index contributed by atoms with van der Waals surface area (Å²) in [7, 11) is 0. The fourth-order valence-corrected chi connectivity index (χ4v) is 3.68. The van der Waals surface area contributed by atoms with Crippen molar-refractivity contribution >= 4 is 17.3 Å². The molecular weight excluding hydrogens is 326 g/mol. The molecule has 0 aliphatic carbocycles. The Kier molecular flexibility index (Phi) is 4.55. The van der Waals surface area contributed by atoms with Gasteiger partial charge in [-0.15, -0.1) is 0 Å². The number of hydrogen-bond acceptors (Lipinski definition) is 4. The molecule has 2 aliphatic heterocycles. The number of nitrogens with zero attached hydrogens (tertiary/aromatic N) is 2. The van der Waals surface area contributed by atoms with Crippen LogP contribution < -0.4 is 15.0 Å². The molecule has 1 fully saturated rings. The van der Waals surface area contributed by atoms with Crippen molar-refractivity contribution in [3.05, 3.63) is 53.6 Å². The van der Waals surface area contributed by atoms with Crippen LogP contribution in [0.4, 0.5) is 11.4 Å². The molecule has 4 rings (SSSR count). The summed E-state index contributed by atoms with van der Waals surface area (Å²) in [4.78, 5) is 16.7. The molecule has 2 heterocycles. The van der Waals surface area contributed by atoms with Gasteiger partial charge in [0.2, 0.25) is 0 Å². The number of fused-ring (bicyclic) bond motifs is 1. The van der Waals surface area contributed by atoms with E-state index in [0.29, 0.717) is 0 Å². The average Bonchev–Trinajstić information content (AvgIpc) is 2.64. The minimum absolute atomic E-state index is 0.0819. The Morgan fingerprint density at radius 1 is 1.12 bits per heavy atom. The lowest BCUT2D eigenvalue weighted by Crippen LogP contribution is -2.46. The first-order valence-corrected chi connectivity index (χ1v) is 9.23. The zero-order valence-electron chi connectivity index (χ0n) is 15.4. The van der Waals surface area contributed by atoms with E-state index in [4.69, 9.17) is 4.74 Å². The van der Waals surface area contributed by atoms with E-state index in [9.17, 15) is 4.79 Å². The van der Waals surface area contributed by atoms with Crippen LogP contribution >= 0.6 is 0 Å². The number of hydrogen-bond donors (Lipinski definition) is 1. The first-order chi connectivity index (χ1) is 12.6. The second kappa shape index (κ2) is 7.00. The van der Waals surface area contributed by atoms with Crippen molar-refractivity contribution in [2.75, 3.05) is 36.4 Å². The molecule has 136 valence electrons. The predicted molar refractivity (Wildman–Crippen MR) is 104 cm³/mol. The summed E-state index contributed by atoms with van der Waals surface area (Å²) < 4.78 is 5.63. The van der Waals surface area contributed by atoms with Crippen molar-refractivity contribution in [1.29, 1.82) is 0 Å². The summed E-state index contributed by atoms with van der Waals surface area (Å²) in [6.45, 7) is 8.96. The van der Waals surface area contributed by atoms with E-state index in [-0.39, 0.29) is 5.91 Å². The van der Waals surface area contributed by atoms with Crippen molar-refractivity contribution in [3.63, 3.8) is 0 Å². The van der Waals surface area contributed by atoms with Crippen LogP contribution in [0.2, 0.25) is 0 Å². The van der Waals surface area contributed by atoms with E-state index in [0.717, 1.165) is 44.2 Å². The number of rotatable bonds is 3. The van der Waals surface area contributed by atoms with E-state index in [1.165, 1.54) is 16.8 Å². The topological polar surface area (TPSA) is 44.8 Å². The van der Waals surface area contributed by atoms with Gasteiger partial charge in [-0.3, -0.25) is 9.69 Å². The van der Waals surface area contributed by atoms with Crippen molar-refractivity contribution < 1.29 is 9.53 Å². The zero-order valence-corrected chi connectivity index (χ0v) is 15.4. The molecule has 2 aromatic carbocycles. The fraction of sp³-hybridized carbons (Fsp3) is 0.381. The minimum Gasteiger partial charge on any atom is -0.479 e. The fourth-order valence-electron chi connectivity index (χ4n) is 3.68. The van der Waals surface area contributed by atoms with Crippen LogP contribution in [0.15, 0.2) is 42.5 Å². The van der Waals surface area contributed by atoms with Crippen LogP contribution in [0, 0.1) is 6.92 Å². The number of amides is 1. The van der Waals surface area contributed by atoms with Gasteiger partial charge in [-0.2, -0.15) is 0 Å². The molecule has 1 N–H and O–H groups in total. The molecule has 0 aromatic heterocycles. The average molecular weight is 351 g/mol. The Morgan fingerprint density at radius 3 is 2.65 bits per heavy atom. The number of para-hydroxylation sites is 1. The molecule has 0 saturated carbocycles. The monoisotopic (exact) mass is 351 g/mol. The number of ether oxygens (including phenoxy) is 1. The third-order valence-corrected chi connectivity index (χ3v) is 5.21. The van der Waals surface area contributed by atoms with Crippen LogP contribution in [-0.4, -0.2) is 43.1 Å². The molecule has 1 saturated heterocycles. The van der Waals surface area contributed by atoms with Gasteiger partial charge in [0.05, 0.1) is 5.69 Å². The second-order valence-electron chi connectivity index (χ2n) is 7.13. The van der Waals surface area contributed by atoms with E-state index in [2.05, 4.69) is 52.4 Å².